The fourth-order valence-corrected chi connectivity index (χ4v) is 2.84. The first-order chi connectivity index (χ1) is 10.6. The summed E-state index contributed by atoms with van der Waals surface area (Å²) in [4.78, 5) is 24.4. The molecule has 0 amide bonds. The second kappa shape index (κ2) is 4.27. The van der Waals surface area contributed by atoms with E-state index < -0.39 is 5.69 Å². The van der Waals surface area contributed by atoms with Gasteiger partial charge in [-0.05, 0) is 11.5 Å². The van der Waals surface area contributed by atoms with Crippen molar-refractivity contribution in [3.63, 3.8) is 0 Å². The van der Waals surface area contributed by atoms with E-state index in [1.165, 1.54) is 11.6 Å². The van der Waals surface area contributed by atoms with Crippen LogP contribution >= 0.6 is 0 Å². The van der Waals surface area contributed by atoms with Crippen molar-refractivity contribution in [2.45, 2.75) is 0 Å². The third-order valence-corrected chi connectivity index (χ3v) is 4.05. The molecular formula is C17H13N2O3+. The van der Waals surface area contributed by atoms with Gasteiger partial charge in [0.1, 0.15) is 5.58 Å². The molecule has 0 saturated carbocycles. The Hall–Kier alpha value is -2.95. The number of rotatable bonds is 0. The van der Waals surface area contributed by atoms with Crippen LogP contribution < -0.4 is 15.8 Å². The summed E-state index contributed by atoms with van der Waals surface area (Å²) < 4.78 is 8.40. The number of nitrogens with zero attached hydrogens (tertiary/aromatic N) is 2. The van der Waals surface area contributed by atoms with E-state index >= 15 is 0 Å². The van der Waals surface area contributed by atoms with Crippen molar-refractivity contribution in [1.29, 1.82) is 0 Å². The van der Waals surface area contributed by atoms with Crippen molar-refractivity contribution in [1.82, 2.24) is 4.57 Å². The summed E-state index contributed by atoms with van der Waals surface area (Å²) in [6.45, 7) is 0. The highest BCUT2D eigenvalue weighted by Crippen LogP contribution is 2.29. The molecule has 0 radical (unpaired) electrons. The van der Waals surface area contributed by atoms with Gasteiger partial charge in [-0.3, -0.25) is 0 Å². The molecule has 108 valence electrons. The van der Waals surface area contributed by atoms with Crippen LogP contribution in [0.4, 0.5) is 0 Å². The topological polar surface area (TPSA) is 56.1 Å². The van der Waals surface area contributed by atoms with Crippen LogP contribution in [0.2, 0.25) is 0 Å². The maximum atomic E-state index is 12.3. The molecule has 0 atom stereocenters. The van der Waals surface area contributed by atoms with Gasteiger partial charge in [0.25, 0.3) is 0 Å². The molecule has 0 bridgehead atoms. The van der Waals surface area contributed by atoms with Crippen molar-refractivity contribution in [3.05, 3.63) is 63.3 Å². The zero-order valence-corrected chi connectivity index (χ0v) is 12.2. The molecule has 2 aromatic rings. The summed E-state index contributed by atoms with van der Waals surface area (Å²) >= 11 is 0. The lowest BCUT2D eigenvalue weighted by Gasteiger charge is -2.08. The molecule has 0 N–H and O–H groups in total. The van der Waals surface area contributed by atoms with E-state index in [1.807, 2.05) is 36.4 Å². The zero-order chi connectivity index (χ0) is 15.4. The monoisotopic (exact) mass is 293 g/mol. The van der Waals surface area contributed by atoms with E-state index in [9.17, 15) is 9.59 Å². The highest BCUT2D eigenvalue weighted by molar-refractivity contribution is 6.04. The average Bonchev–Trinajstić information content (AvgIpc) is 2.56. The number of aromatic nitrogens is 2. The fraction of sp³-hybridized carbons (Fsp3) is 0.118. The lowest BCUT2D eigenvalue weighted by molar-refractivity contribution is -0.688. The van der Waals surface area contributed by atoms with Gasteiger partial charge in [0, 0.05) is 10.8 Å². The molecule has 0 spiro atoms. The lowest BCUT2D eigenvalue weighted by Crippen LogP contribution is -2.57. The zero-order valence-electron chi connectivity index (χ0n) is 12.2. The van der Waals surface area contributed by atoms with E-state index in [0.717, 1.165) is 20.7 Å². The Morgan fingerprint density at radius 3 is 2.59 bits per heavy atom. The summed E-state index contributed by atoms with van der Waals surface area (Å²) in [6.07, 6.45) is 0. The Kier molecular flexibility index (Phi) is 2.48. The van der Waals surface area contributed by atoms with Crippen molar-refractivity contribution < 1.29 is 8.98 Å². The number of hydrogen-bond donors (Lipinski definition) is 0. The van der Waals surface area contributed by atoms with Gasteiger partial charge in [-0.15, -0.1) is 0 Å². The summed E-state index contributed by atoms with van der Waals surface area (Å²) in [7, 11) is 3.07. The molecule has 0 fully saturated rings. The second-order valence-corrected chi connectivity index (χ2v) is 5.38. The molecule has 4 rings (SSSR count). The van der Waals surface area contributed by atoms with Crippen LogP contribution in [0.5, 0.6) is 0 Å². The molecule has 2 aromatic carbocycles. The van der Waals surface area contributed by atoms with E-state index in [0.29, 0.717) is 11.1 Å². The van der Waals surface area contributed by atoms with Gasteiger partial charge in [-0.1, -0.05) is 36.4 Å². The minimum atomic E-state index is -0.402. The maximum Gasteiger partial charge on any atom is 0.503 e. The molecule has 0 unspecified atom stereocenters. The number of benzene rings is 2. The first-order valence-corrected chi connectivity index (χ1v) is 6.92. The van der Waals surface area contributed by atoms with Crippen molar-refractivity contribution in [2.24, 2.45) is 14.1 Å². The highest BCUT2D eigenvalue weighted by Gasteiger charge is 2.25. The fourth-order valence-electron chi connectivity index (χ4n) is 2.84. The Bertz CT molecular complexity index is 1140. The van der Waals surface area contributed by atoms with E-state index in [2.05, 4.69) is 0 Å². The summed E-state index contributed by atoms with van der Waals surface area (Å²) in [6, 6.07) is 13.5. The van der Waals surface area contributed by atoms with Gasteiger partial charge in [0.2, 0.25) is 0 Å². The SMILES string of the molecule is Cn1c(=O)c2cc3ccc4ccccc4c3oc-2[n+](C)c1=O. The Labute approximate surface area is 125 Å². The van der Waals surface area contributed by atoms with Crippen LogP contribution in [-0.2, 0) is 14.1 Å². The van der Waals surface area contributed by atoms with Crippen LogP contribution in [0.1, 0.15) is 0 Å². The van der Waals surface area contributed by atoms with Crippen molar-refractivity contribution >= 4 is 21.7 Å². The Balaban J connectivity index is 2.31. The van der Waals surface area contributed by atoms with E-state index in [1.54, 1.807) is 13.1 Å². The third-order valence-electron chi connectivity index (χ3n) is 4.05. The van der Waals surface area contributed by atoms with Crippen molar-refractivity contribution in [2.75, 3.05) is 0 Å². The number of fused-ring (bicyclic) bond motifs is 4. The maximum absolute atomic E-state index is 12.3. The van der Waals surface area contributed by atoms with Crippen LogP contribution in [0, 0.1) is 0 Å². The molecule has 2 heterocycles. The molecular weight excluding hydrogens is 280 g/mol. The van der Waals surface area contributed by atoms with E-state index in [4.69, 9.17) is 4.42 Å². The van der Waals surface area contributed by atoms with Crippen LogP contribution in [0.25, 0.3) is 33.2 Å². The molecule has 2 aliphatic heterocycles. The Morgan fingerprint density at radius 1 is 1.05 bits per heavy atom. The lowest BCUT2D eigenvalue weighted by atomic mass is 10.1. The Morgan fingerprint density at radius 2 is 1.77 bits per heavy atom. The minimum absolute atomic E-state index is 0.289. The molecule has 5 nitrogen and oxygen atoms in total. The standard InChI is InChI=1S/C17H13N2O3/c1-18-15(20)13-9-11-8-7-10-5-3-4-6-12(10)14(11)22-16(13)19(2)17(18)21/h3-9H,1-2H3/q+1. The van der Waals surface area contributed by atoms with Gasteiger partial charge in [-0.25, -0.2) is 4.79 Å². The highest BCUT2D eigenvalue weighted by atomic mass is 16.3. The minimum Gasteiger partial charge on any atom is -0.421 e. The predicted octanol–water partition coefficient (Wildman–Crippen LogP) is 1.57. The van der Waals surface area contributed by atoms with Gasteiger partial charge >= 0.3 is 17.1 Å². The normalized spacial score (nSPS) is 11.5. The molecule has 0 saturated heterocycles. The summed E-state index contributed by atoms with van der Waals surface area (Å²) in [5.74, 6) is 0.289. The van der Waals surface area contributed by atoms with Crippen LogP contribution in [0.15, 0.2) is 56.5 Å². The average molecular weight is 293 g/mol. The first-order valence-electron chi connectivity index (χ1n) is 6.92. The van der Waals surface area contributed by atoms with Gasteiger partial charge in [-0.2, -0.15) is 13.9 Å². The first kappa shape index (κ1) is 12.8. The van der Waals surface area contributed by atoms with E-state index in [-0.39, 0.29) is 11.4 Å². The number of hydrogen-bond acceptors (Lipinski definition) is 3. The van der Waals surface area contributed by atoms with Crippen molar-refractivity contribution in [3.8, 4) is 11.5 Å². The van der Waals surface area contributed by atoms with Crippen LogP contribution in [-0.4, -0.2) is 4.57 Å². The summed E-state index contributed by atoms with van der Waals surface area (Å²) in [5, 5.41) is 2.84. The molecule has 22 heavy (non-hydrogen) atoms. The molecule has 5 heteroatoms. The third kappa shape index (κ3) is 1.56. The van der Waals surface area contributed by atoms with Gasteiger partial charge < -0.3 is 4.42 Å². The van der Waals surface area contributed by atoms with Gasteiger partial charge in [0.15, 0.2) is 5.56 Å². The van der Waals surface area contributed by atoms with Crippen LogP contribution in [0.3, 0.4) is 0 Å². The largest absolute Gasteiger partial charge is 0.503 e. The smallest absolute Gasteiger partial charge is 0.421 e. The predicted molar refractivity (Wildman–Crippen MR) is 83.0 cm³/mol. The molecule has 0 aliphatic carbocycles. The molecule has 0 aromatic heterocycles. The molecule has 2 aliphatic rings. The quantitative estimate of drug-likeness (QED) is 0.281. The van der Waals surface area contributed by atoms with Gasteiger partial charge in [0.05, 0.1) is 14.1 Å². The summed E-state index contributed by atoms with van der Waals surface area (Å²) in [5.41, 5.74) is 0.318. The second-order valence-electron chi connectivity index (χ2n) is 5.38.